The zero-order valence-corrected chi connectivity index (χ0v) is 22.0. The normalized spacial score (nSPS) is 12.0. The Kier molecular flexibility index (Phi) is 5.68. The molecule has 0 bridgehead atoms. The Bertz CT molecular complexity index is 1770. The van der Waals surface area contributed by atoms with Crippen molar-refractivity contribution in [3.63, 3.8) is 0 Å². The van der Waals surface area contributed by atoms with Gasteiger partial charge >= 0.3 is 0 Å². The quantitative estimate of drug-likeness (QED) is 0.257. The van der Waals surface area contributed by atoms with E-state index in [1.54, 1.807) is 0 Å². The number of hydrogen-bond donors (Lipinski definition) is 0. The molecule has 6 nitrogen and oxygen atoms in total. The summed E-state index contributed by atoms with van der Waals surface area (Å²) < 4.78 is 5.71. The van der Waals surface area contributed by atoms with Crippen molar-refractivity contribution in [2.45, 2.75) is 0 Å². The van der Waals surface area contributed by atoms with E-state index in [1.807, 2.05) is 95.8 Å². The van der Waals surface area contributed by atoms with E-state index >= 15 is 0 Å². The van der Waals surface area contributed by atoms with Gasteiger partial charge in [-0.25, -0.2) is 4.68 Å². The van der Waals surface area contributed by atoms with Gasteiger partial charge in [0.2, 0.25) is 4.96 Å². The summed E-state index contributed by atoms with van der Waals surface area (Å²) in [4.78, 5) is 18.3. The van der Waals surface area contributed by atoms with Crippen LogP contribution in [-0.2, 0) is 0 Å². The molecule has 0 saturated heterocycles. The molecular formula is C26H15Br2N5OS. The highest BCUT2D eigenvalue weighted by Gasteiger charge is 2.15. The summed E-state index contributed by atoms with van der Waals surface area (Å²) in [5, 5.41) is 9.30. The standard InChI is InChI=1S/C26H15Br2N5OS/c27-19-10-6-16(7-11-19)23-18(15-32(30-23)21-4-2-1-3-5-21)14-22-25(34)33-26(35-22)29-24(31-33)17-8-12-20(28)13-9-17/h1-15H. The molecule has 0 amide bonds. The molecular weight excluding hydrogens is 590 g/mol. The van der Waals surface area contributed by atoms with Crippen LogP contribution in [-0.4, -0.2) is 24.4 Å². The van der Waals surface area contributed by atoms with Gasteiger partial charge in [-0.3, -0.25) is 4.79 Å². The molecule has 170 valence electrons. The SMILES string of the molecule is O=c1c(=Cc2cn(-c3ccccc3)nc2-c2ccc(Br)cc2)sc2nc(-c3ccc(Br)cc3)nn12. The number of aromatic nitrogens is 5. The van der Waals surface area contributed by atoms with Crippen molar-refractivity contribution < 1.29 is 0 Å². The number of thiazole rings is 1. The van der Waals surface area contributed by atoms with Crippen LogP contribution in [0.2, 0.25) is 0 Å². The predicted molar refractivity (Wildman–Crippen MR) is 146 cm³/mol. The lowest BCUT2D eigenvalue weighted by Gasteiger charge is -2.00. The summed E-state index contributed by atoms with van der Waals surface area (Å²) in [5.41, 5.74) is 4.18. The molecule has 3 aromatic heterocycles. The van der Waals surface area contributed by atoms with Crippen LogP contribution in [0.3, 0.4) is 0 Å². The Morgan fingerprint density at radius 1 is 0.800 bits per heavy atom. The average Bonchev–Trinajstić information content (AvgIpc) is 3.56. The van der Waals surface area contributed by atoms with Crippen LogP contribution >= 0.6 is 43.2 Å². The number of hydrogen-bond acceptors (Lipinski definition) is 5. The second-order valence-electron chi connectivity index (χ2n) is 7.77. The van der Waals surface area contributed by atoms with Gasteiger partial charge in [-0.2, -0.15) is 14.6 Å². The zero-order valence-electron chi connectivity index (χ0n) is 18.0. The van der Waals surface area contributed by atoms with Crippen molar-refractivity contribution in [3.05, 3.63) is 114 Å². The Balaban J connectivity index is 1.48. The third kappa shape index (κ3) is 4.27. The Morgan fingerprint density at radius 2 is 1.46 bits per heavy atom. The lowest BCUT2D eigenvalue weighted by Crippen LogP contribution is -2.23. The largest absolute Gasteiger partial charge is 0.291 e. The van der Waals surface area contributed by atoms with Crippen LogP contribution < -0.4 is 10.1 Å². The van der Waals surface area contributed by atoms with Gasteiger partial charge in [-0.05, 0) is 42.5 Å². The van der Waals surface area contributed by atoms with Gasteiger partial charge < -0.3 is 0 Å². The fourth-order valence-corrected chi connectivity index (χ4v) is 5.16. The molecule has 0 atom stereocenters. The molecule has 0 aliphatic rings. The first-order valence-electron chi connectivity index (χ1n) is 10.6. The van der Waals surface area contributed by atoms with Gasteiger partial charge in [0.25, 0.3) is 5.56 Å². The number of para-hydroxylation sites is 1. The smallest absolute Gasteiger partial charge is 0.266 e. The minimum atomic E-state index is -0.199. The molecule has 35 heavy (non-hydrogen) atoms. The van der Waals surface area contributed by atoms with Gasteiger partial charge in [0.1, 0.15) is 0 Å². The predicted octanol–water partition coefficient (Wildman–Crippen LogP) is 5.74. The summed E-state index contributed by atoms with van der Waals surface area (Å²) in [6.45, 7) is 0. The Labute approximate surface area is 220 Å². The minimum Gasteiger partial charge on any atom is -0.266 e. The van der Waals surface area contributed by atoms with Crippen molar-refractivity contribution >= 4 is 54.2 Å². The fourth-order valence-electron chi connectivity index (χ4n) is 3.73. The van der Waals surface area contributed by atoms with Crippen LogP contribution in [0, 0.1) is 0 Å². The first-order valence-corrected chi connectivity index (χ1v) is 13.0. The second kappa shape index (κ2) is 8.99. The molecule has 0 saturated carbocycles. The van der Waals surface area contributed by atoms with Gasteiger partial charge in [0.05, 0.1) is 15.9 Å². The summed E-state index contributed by atoms with van der Waals surface area (Å²) in [6.07, 6.45) is 3.81. The van der Waals surface area contributed by atoms with E-state index in [0.29, 0.717) is 15.3 Å². The Morgan fingerprint density at radius 3 is 2.11 bits per heavy atom. The maximum atomic E-state index is 13.2. The lowest BCUT2D eigenvalue weighted by atomic mass is 10.1. The maximum absolute atomic E-state index is 13.2. The number of halogens is 2. The maximum Gasteiger partial charge on any atom is 0.291 e. The molecule has 3 heterocycles. The van der Waals surface area contributed by atoms with Crippen molar-refractivity contribution in [1.82, 2.24) is 24.4 Å². The Hall–Kier alpha value is -3.40. The second-order valence-corrected chi connectivity index (χ2v) is 10.6. The van der Waals surface area contributed by atoms with Crippen LogP contribution in [0.15, 0.2) is 98.8 Å². The van der Waals surface area contributed by atoms with E-state index in [0.717, 1.165) is 37.0 Å². The first-order chi connectivity index (χ1) is 17.0. The van der Waals surface area contributed by atoms with Crippen LogP contribution in [0.1, 0.15) is 5.56 Å². The molecule has 0 N–H and O–H groups in total. The molecule has 0 aliphatic heterocycles. The fraction of sp³-hybridized carbons (Fsp3) is 0. The summed E-state index contributed by atoms with van der Waals surface area (Å²) in [6, 6.07) is 25.6. The van der Waals surface area contributed by atoms with E-state index in [9.17, 15) is 4.79 Å². The van der Waals surface area contributed by atoms with E-state index in [4.69, 9.17) is 5.10 Å². The van der Waals surface area contributed by atoms with Gasteiger partial charge in [0, 0.05) is 31.8 Å². The van der Waals surface area contributed by atoms with Gasteiger partial charge in [-0.15, -0.1) is 5.10 Å². The summed E-state index contributed by atoms with van der Waals surface area (Å²) in [7, 11) is 0. The molecule has 6 aromatic rings. The molecule has 3 aromatic carbocycles. The van der Waals surface area contributed by atoms with Gasteiger partial charge in [0.15, 0.2) is 5.82 Å². The number of benzene rings is 3. The average molecular weight is 605 g/mol. The molecule has 0 aliphatic carbocycles. The van der Waals surface area contributed by atoms with Crippen LogP contribution in [0.4, 0.5) is 0 Å². The van der Waals surface area contributed by atoms with Crippen LogP contribution in [0.5, 0.6) is 0 Å². The topological polar surface area (TPSA) is 65.1 Å². The third-order valence-corrected chi connectivity index (χ3v) is 7.47. The zero-order chi connectivity index (χ0) is 23.9. The van der Waals surface area contributed by atoms with E-state index in [2.05, 4.69) is 41.9 Å². The first kappa shape index (κ1) is 22.1. The molecule has 6 rings (SSSR count). The lowest BCUT2D eigenvalue weighted by molar-refractivity contribution is 0.884. The number of fused-ring (bicyclic) bond motifs is 1. The third-order valence-electron chi connectivity index (χ3n) is 5.45. The number of nitrogens with zero attached hydrogens (tertiary/aromatic N) is 5. The monoisotopic (exact) mass is 603 g/mol. The van der Waals surface area contributed by atoms with Crippen molar-refractivity contribution in [2.75, 3.05) is 0 Å². The molecule has 0 fully saturated rings. The van der Waals surface area contributed by atoms with E-state index < -0.39 is 0 Å². The van der Waals surface area contributed by atoms with Crippen LogP contribution in [0.25, 0.3) is 39.4 Å². The molecule has 0 unspecified atom stereocenters. The van der Waals surface area contributed by atoms with Crippen molar-refractivity contribution in [3.8, 4) is 28.3 Å². The summed E-state index contributed by atoms with van der Waals surface area (Å²) >= 11 is 8.24. The molecule has 0 radical (unpaired) electrons. The highest BCUT2D eigenvalue weighted by molar-refractivity contribution is 9.10. The van der Waals surface area contributed by atoms with Gasteiger partial charge in [-0.1, -0.05) is 85.7 Å². The highest BCUT2D eigenvalue weighted by atomic mass is 79.9. The van der Waals surface area contributed by atoms with Crippen molar-refractivity contribution in [1.29, 1.82) is 0 Å². The van der Waals surface area contributed by atoms with E-state index in [-0.39, 0.29) is 5.56 Å². The number of rotatable bonds is 4. The minimum absolute atomic E-state index is 0.199. The molecule has 9 heteroatoms. The van der Waals surface area contributed by atoms with Crippen molar-refractivity contribution in [2.24, 2.45) is 0 Å². The summed E-state index contributed by atoms with van der Waals surface area (Å²) in [5.74, 6) is 0.528. The van der Waals surface area contributed by atoms with E-state index in [1.165, 1.54) is 15.9 Å². The molecule has 0 spiro atoms. The highest BCUT2D eigenvalue weighted by Crippen LogP contribution is 2.26.